The Morgan fingerprint density at radius 2 is 2.50 bits per heavy atom. The molecule has 0 saturated carbocycles. The molecule has 60 valence electrons. The van der Waals surface area contributed by atoms with Crippen LogP contribution in [0.15, 0.2) is 0 Å². The van der Waals surface area contributed by atoms with E-state index >= 15 is 0 Å². The molecule has 3 heteroatoms. The first kappa shape index (κ1) is 7.98. The SMILES string of the molecule is CN1CCN[C@H](CCO)C1. The predicted octanol–water partition coefficient (Wildman–Crippen LogP) is -0.728. The molecule has 0 aromatic carbocycles. The van der Waals surface area contributed by atoms with Gasteiger partial charge in [0.15, 0.2) is 0 Å². The van der Waals surface area contributed by atoms with Crippen molar-refractivity contribution in [3.8, 4) is 0 Å². The zero-order chi connectivity index (χ0) is 7.40. The van der Waals surface area contributed by atoms with Crippen LogP contribution in [-0.4, -0.2) is 49.3 Å². The van der Waals surface area contributed by atoms with Gasteiger partial charge in [0, 0.05) is 32.3 Å². The number of rotatable bonds is 2. The summed E-state index contributed by atoms with van der Waals surface area (Å²) in [5, 5.41) is 12.0. The summed E-state index contributed by atoms with van der Waals surface area (Å²) in [5.74, 6) is 0. The predicted molar refractivity (Wildman–Crippen MR) is 41.0 cm³/mol. The normalized spacial score (nSPS) is 28.8. The second kappa shape index (κ2) is 3.91. The highest BCUT2D eigenvalue weighted by Gasteiger charge is 2.14. The van der Waals surface area contributed by atoms with Crippen molar-refractivity contribution < 1.29 is 5.11 Å². The van der Waals surface area contributed by atoms with Gasteiger partial charge >= 0.3 is 0 Å². The average Bonchev–Trinajstić information content (AvgIpc) is 1.88. The van der Waals surface area contributed by atoms with Crippen molar-refractivity contribution >= 4 is 0 Å². The first-order valence-corrected chi connectivity index (χ1v) is 3.85. The van der Waals surface area contributed by atoms with Gasteiger partial charge in [-0.3, -0.25) is 0 Å². The number of likely N-dealkylation sites (N-methyl/N-ethyl adjacent to an activating group) is 1. The lowest BCUT2D eigenvalue weighted by molar-refractivity contribution is 0.198. The van der Waals surface area contributed by atoms with E-state index in [1.165, 1.54) is 0 Å². The molecule has 0 radical (unpaired) electrons. The molecular weight excluding hydrogens is 128 g/mol. The third-order valence-electron chi connectivity index (χ3n) is 1.94. The molecule has 0 spiro atoms. The lowest BCUT2D eigenvalue weighted by Crippen LogP contribution is -2.49. The molecule has 1 atom stereocenters. The van der Waals surface area contributed by atoms with E-state index in [1.807, 2.05) is 0 Å². The lowest BCUT2D eigenvalue weighted by atomic mass is 10.1. The van der Waals surface area contributed by atoms with E-state index in [4.69, 9.17) is 5.11 Å². The molecule has 3 nitrogen and oxygen atoms in total. The summed E-state index contributed by atoms with van der Waals surface area (Å²) in [6, 6.07) is 0.503. The van der Waals surface area contributed by atoms with Crippen LogP contribution in [0.4, 0.5) is 0 Å². The summed E-state index contributed by atoms with van der Waals surface area (Å²) in [4.78, 5) is 2.29. The summed E-state index contributed by atoms with van der Waals surface area (Å²) in [6.07, 6.45) is 0.879. The maximum absolute atomic E-state index is 8.65. The largest absolute Gasteiger partial charge is 0.396 e. The van der Waals surface area contributed by atoms with E-state index in [-0.39, 0.29) is 0 Å². The minimum absolute atomic E-state index is 0.297. The van der Waals surface area contributed by atoms with Crippen LogP contribution < -0.4 is 5.32 Å². The minimum Gasteiger partial charge on any atom is -0.396 e. The Hall–Kier alpha value is -0.120. The van der Waals surface area contributed by atoms with Crippen LogP contribution in [0.25, 0.3) is 0 Å². The summed E-state index contributed by atoms with van der Waals surface area (Å²) >= 11 is 0. The Labute approximate surface area is 62.0 Å². The molecule has 10 heavy (non-hydrogen) atoms. The van der Waals surface area contributed by atoms with Gasteiger partial charge in [0.05, 0.1) is 0 Å². The highest BCUT2D eigenvalue weighted by Crippen LogP contribution is 1.98. The molecule has 1 aliphatic heterocycles. The molecule has 0 amide bonds. The van der Waals surface area contributed by atoms with Gasteiger partial charge < -0.3 is 15.3 Å². The zero-order valence-corrected chi connectivity index (χ0v) is 6.51. The number of aliphatic hydroxyl groups is 1. The van der Waals surface area contributed by atoms with Crippen LogP contribution in [0.5, 0.6) is 0 Å². The second-order valence-electron chi connectivity index (χ2n) is 2.93. The van der Waals surface area contributed by atoms with E-state index < -0.39 is 0 Å². The number of nitrogens with one attached hydrogen (secondary N) is 1. The van der Waals surface area contributed by atoms with Crippen molar-refractivity contribution in [1.82, 2.24) is 10.2 Å². The smallest absolute Gasteiger partial charge is 0.0446 e. The van der Waals surface area contributed by atoms with Gasteiger partial charge in [0.2, 0.25) is 0 Å². The number of hydrogen-bond donors (Lipinski definition) is 2. The molecule has 1 fully saturated rings. The van der Waals surface area contributed by atoms with Crippen molar-refractivity contribution in [3.05, 3.63) is 0 Å². The lowest BCUT2D eigenvalue weighted by Gasteiger charge is -2.30. The fourth-order valence-corrected chi connectivity index (χ4v) is 1.34. The first-order chi connectivity index (χ1) is 4.83. The Balaban J connectivity index is 2.18. The van der Waals surface area contributed by atoms with E-state index in [1.54, 1.807) is 0 Å². The molecule has 1 saturated heterocycles. The van der Waals surface area contributed by atoms with Crippen molar-refractivity contribution in [2.45, 2.75) is 12.5 Å². The molecule has 1 aliphatic rings. The Morgan fingerprint density at radius 1 is 1.70 bits per heavy atom. The van der Waals surface area contributed by atoms with E-state index in [9.17, 15) is 0 Å². The van der Waals surface area contributed by atoms with Crippen molar-refractivity contribution in [2.24, 2.45) is 0 Å². The van der Waals surface area contributed by atoms with E-state index in [0.29, 0.717) is 12.6 Å². The molecule has 1 heterocycles. The van der Waals surface area contributed by atoms with Crippen LogP contribution in [0.3, 0.4) is 0 Å². The van der Waals surface area contributed by atoms with Gasteiger partial charge in [0.1, 0.15) is 0 Å². The maximum atomic E-state index is 8.65. The third-order valence-corrected chi connectivity index (χ3v) is 1.94. The molecule has 1 rings (SSSR count). The fourth-order valence-electron chi connectivity index (χ4n) is 1.34. The summed E-state index contributed by atoms with van der Waals surface area (Å²) < 4.78 is 0. The zero-order valence-electron chi connectivity index (χ0n) is 6.51. The molecular formula is C7H16N2O. The second-order valence-corrected chi connectivity index (χ2v) is 2.93. The van der Waals surface area contributed by atoms with Gasteiger partial charge in [-0.2, -0.15) is 0 Å². The van der Waals surface area contributed by atoms with Crippen LogP contribution in [0.2, 0.25) is 0 Å². The number of nitrogens with zero attached hydrogens (tertiary/aromatic N) is 1. The first-order valence-electron chi connectivity index (χ1n) is 3.85. The van der Waals surface area contributed by atoms with Gasteiger partial charge in [-0.05, 0) is 13.5 Å². The Kier molecular flexibility index (Phi) is 3.12. The van der Waals surface area contributed by atoms with E-state index in [2.05, 4.69) is 17.3 Å². The fraction of sp³-hybridized carbons (Fsp3) is 1.00. The molecule has 0 aromatic rings. The van der Waals surface area contributed by atoms with Crippen LogP contribution >= 0.6 is 0 Å². The Bertz CT molecular complexity index is 95.6. The maximum Gasteiger partial charge on any atom is 0.0446 e. The minimum atomic E-state index is 0.297. The highest BCUT2D eigenvalue weighted by molar-refractivity contribution is 4.75. The van der Waals surface area contributed by atoms with Crippen LogP contribution in [0, 0.1) is 0 Å². The summed E-state index contributed by atoms with van der Waals surface area (Å²) in [6.45, 7) is 3.55. The van der Waals surface area contributed by atoms with Gasteiger partial charge in [-0.15, -0.1) is 0 Å². The van der Waals surface area contributed by atoms with Gasteiger partial charge in [-0.1, -0.05) is 0 Å². The molecule has 0 aromatic heterocycles. The standard InChI is InChI=1S/C7H16N2O/c1-9-4-3-8-7(6-9)2-5-10/h7-8,10H,2-6H2,1H3/t7-/m1/s1. The quantitative estimate of drug-likeness (QED) is 0.536. The highest BCUT2D eigenvalue weighted by atomic mass is 16.3. The monoisotopic (exact) mass is 144 g/mol. The third kappa shape index (κ3) is 2.25. The van der Waals surface area contributed by atoms with Crippen molar-refractivity contribution in [2.75, 3.05) is 33.3 Å². The van der Waals surface area contributed by atoms with Gasteiger partial charge in [-0.25, -0.2) is 0 Å². The molecule has 0 bridgehead atoms. The molecule has 0 unspecified atom stereocenters. The van der Waals surface area contributed by atoms with Crippen LogP contribution in [0.1, 0.15) is 6.42 Å². The van der Waals surface area contributed by atoms with Crippen LogP contribution in [-0.2, 0) is 0 Å². The van der Waals surface area contributed by atoms with Gasteiger partial charge in [0.25, 0.3) is 0 Å². The van der Waals surface area contributed by atoms with Crippen molar-refractivity contribution in [3.63, 3.8) is 0 Å². The average molecular weight is 144 g/mol. The topological polar surface area (TPSA) is 35.5 Å². The summed E-state index contributed by atoms with van der Waals surface area (Å²) in [5.41, 5.74) is 0. The van der Waals surface area contributed by atoms with Crippen molar-refractivity contribution in [1.29, 1.82) is 0 Å². The summed E-state index contributed by atoms with van der Waals surface area (Å²) in [7, 11) is 2.12. The Morgan fingerprint density at radius 3 is 3.10 bits per heavy atom. The number of hydrogen-bond acceptors (Lipinski definition) is 3. The number of aliphatic hydroxyl groups excluding tert-OH is 1. The molecule has 2 N–H and O–H groups in total. The number of piperazine rings is 1. The van der Waals surface area contributed by atoms with E-state index in [0.717, 1.165) is 26.1 Å². The molecule has 0 aliphatic carbocycles.